The number of hydrogen-bond acceptors (Lipinski definition) is 3. The first-order valence-corrected chi connectivity index (χ1v) is 16.1. The summed E-state index contributed by atoms with van der Waals surface area (Å²) in [5.74, 6) is 0.644. The SMILES string of the molecule is CCCCCCCCCCCCCCOc1cc(Cl)ccc1CC(=O)Nc1ccccc1C[n+]1cscc1C.[Br-]. The minimum Gasteiger partial charge on any atom is -1.00 e. The standard InChI is InChI=1S/C33H45ClN2O2S.BrH/c1-3-4-5-6-7-8-9-10-11-12-13-16-21-38-32-23-30(34)20-19-28(32)22-33(37)35-31-18-15-14-17-29(31)24-36-26-39-25-27(36)2;/h14-15,17-20,23,25-26H,3-13,16,21-22,24H2,1-2H3;1H. The molecule has 40 heavy (non-hydrogen) atoms. The van der Waals surface area contributed by atoms with E-state index >= 15 is 0 Å². The molecule has 3 aromatic rings. The van der Waals surface area contributed by atoms with Crippen LogP contribution in [0.1, 0.15) is 101 Å². The maximum atomic E-state index is 13.0. The lowest BCUT2D eigenvalue weighted by molar-refractivity contribution is -0.689. The van der Waals surface area contributed by atoms with Gasteiger partial charge in [0.2, 0.25) is 11.4 Å². The van der Waals surface area contributed by atoms with Crippen molar-refractivity contribution in [2.75, 3.05) is 11.9 Å². The number of aromatic nitrogens is 1. The Hall–Kier alpha value is -1.89. The summed E-state index contributed by atoms with van der Waals surface area (Å²) < 4.78 is 8.29. The number of carbonyl (C=O) groups is 1. The van der Waals surface area contributed by atoms with Crippen LogP contribution in [-0.2, 0) is 17.8 Å². The number of benzene rings is 2. The van der Waals surface area contributed by atoms with Gasteiger partial charge in [-0.2, -0.15) is 4.57 Å². The summed E-state index contributed by atoms with van der Waals surface area (Å²) in [6.07, 6.45) is 16.0. The normalized spacial score (nSPS) is 10.8. The zero-order valence-corrected chi connectivity index (χ0v) is 27.4. The van der Waals surface area contributed by atoms with E-state index in [9.17, 15) is 4.79 Å². The van der Waals surface area contributed by atoms with E-state index in [1.807, 2.05) is 36.4 Å². The Bertz CT molecular complexity index is 1140. The second-order valence-electron chi connectivity index (χ2n) is 10.5. The third kappa shape index (κ3) is 12.7. The predicted octanol–water partition coefficient (Wildman–Crippen LogP) is 6.31. The zero-order valence-electron chi connectivity index (χ0n) is 24.2. The number of nitrogens with zero attached hydrogens (tertiary/aromatic N) is 1. The Morgan fingerprint density at radius 1 is 0.900 bits per heavy atom. The van der Waals surface area contributed by atoms with Crippen molar-refractivity contribution in [3.05, 3.63) is 75.2 Å². The van der Waals surface area contributed by atoms with Crippen molar-refractivity contribution in [1.82, 2.24) is 0 Å². The molecule has 0 aliphatic heterocycles. The fourth-order valence-electron chi connectivity index (χ4n) is 4.78. The molecule has 3 rings (SSSR count). The number of ether oxygens (including phenoxy) is 1. The van der Waals surface area contributed by atoms with Crippen molar-refractivity contribution in [2.45, 2.75) is 104 Å². The summed E-state index contributed by atoms with van der Waals surface area (Å²) >= 11 is 7.94. The molecule has 0 unspecified atom stereocenters. The van der Waals surface area contributed by atoms with E-state index in [1.165, 1.54) is 76.3 Å². The van der Waals surface area contributed by atoms with Gasteiger partial charge in [-0.05, 0) is 24.6 Å². The van der Waals surface area contributed by atoms with Crippen molar-refractivity contribution in [3.8, 4) is 5.75 Å². The number of rotatable bonds is 19. The van der Waals surface area contributed by atoms with Crippen LogP contribution >= 0.6 is 22.9 Å². The summed E-state index contributed by atoms with van der Waals surface area (Å²) in [7, 11) is 0. The average Bonchev–Trinajstić information content (AvgIpc) is 3.33. The molecule has 1 aromatic heterocycles. The summed E-state index contributed by atoms with van der Waals surface area (Å²) in [5.41, 5.74) is 6.08. The van der Waals surface area contributed by atoms with Crippen molar-refractivity contribution in [2.24, 2.45) is 0 Å². The van der Waals surface area contributed by atoms with E-state index in [4.69, 9.17) is 16.3 Å². The van der Waals surface area contributed by atoms with Gasteiger partial charge in [0.25, 0.3) is 0 Å². The molecule has 1 amide bonds. The van der Waals surface area contributed by atoms with Crippen LogP contribution in [0.5, 0.6) is 5.75 Å². The van der Waals surface area contributed by atoms with Crippen LogP contribution in [0, 0.1) is 6.92 Å². The number of nitrogens with one attached hydrogen (secondary N) is 1. The van der Waals surface area contributed by atoms with Crippen molar-refractivity contribution >= 4 is 34.5 Å². The summed E-state index contributed by atoms with van der Waals surface area (Å²) in [6, 6.07) is 13.5. The highest BCUT2D eigenvalue weighted by Gasteiger charge is 2.15. The molecule has 1 heterocycles. The number of carbonyl (C=O) groups excluding carboxylic acids is 1. The first kappa shape index (κ1) is 34.3. The van der Waals surface area contributed by atoms with E-state index < -0.39 is 0 Å². The molecule has 2 aromatic carbocycles. The van der Waals surface area contributed by atoms with Crippen LogP contribution in [0.4, 0.5) is 5.69 Å². The van der Waals surface area contributed by atoms with Crippen LogP contribution in [0.2, 0.25) is 5.02 Å². The highest BCUT2D eigenvalue weighted by molar-refractivity contribution is 7.07. The summed E-state index contributed by atoms with van der Waals surface area (Å²) in [4.78, 5) is 13.0. The smallest absolute Gasteiger partial charge is 0.228 e. The molecule has 0 spiro atoms. The molecule has 4 nitrogen and oxygen atoms in total. The maximum absolute atomic E-state index is 13.0. The molecule has 1 N–H and O–H groups in total. The lowest BCUT2D eigenvalue weighted by Crippen LogP contribution is -3.00. The highest BCUT2D eigenvalue weighted by atomic mass is 79.9. The quantitative estimate of drug-likeness (QED) is 0.122. The number of amides is 1. The molecule has 0 saturated heterocycles. The molecule has 0 atom stereocenters. The Morgan fingerprint density at radius 3 is 2.20 bits per heavy atom. The van der Waals surface area contributed by atoms with E-state index in [0.717, 1.165) is 29.8 Å². The fourth-order valence-corrected chi connectivity index (χ4v) is 5.72. The average molecular weight is 650 g/mol. The molecule has 220 valence electrons. The minimum absolute atomic E-state index is 0. The second-order valence-corrected chi connectivity index (χ2v) is 11.7. The van der Waals surface area contributed by atoms with Crippen LogP contribution in [-0.4, -0.2) is 12.5 Å². The molecular formula is C33H46BrClN2O2S. The van der Waals surface area contributed by atoms with Gasteiger partial charge in [0, 0.05) is 23.1 Å². The van der Waals surface area contributed by atoms with Gasteiger partial charge in [-0.15, -0.1) is 0 Å². The largest absolute Gasteiger partial charge is 1.00 e. The Kier molecular flexibility index (Phi) is 17.2. The number of halogens is 2. The molecule has 0 saturated carbocycles. The molecule has 0 fully saturated rings. The molecule has 0 aliphatic carbocycles. The molecule has 0 radical (unpaired) electrons. The van der Waals surface area contributed by atoms with Crippen LogP contribution < -0.4 is 31.6 Å². The lowest BCUT2D eigenvalue weighted by atomic mass is 10.1. The van der Waals surface area contributed by atoms with E-state index in [2.05, 4.69) is 40.7 Å². The van der Waals surface area contributed by atoms with Gasteiger partial charge >= 0.3 is 0 Å². The van der Waals surface area contributed by atoms with Gasteiger partial charge < -0.3 is 27.0 Å². The maximum Gasteiger partial charge on any atom is 0.228 e. The van der Waals surface area contributed by atoms with E-state index in [0.29, 0.717) is 17.4 Å². The molecule has 0 bridgehead atoms. The summed E-state index contributed by atoms with van der Waals surface area (Å²) in [6.45, 7) is 5.73. The summed E-state index contributed by atoms with van der Waals surface area (Å²) in [5, 5.41) is 5.86. The van der Waals surface area contributed by atoms with Crippen molar-refractivity contribution in [1.29, 1.82) is 0 Å². The number of para-hydroxylation sites is 1. The van der Waals surface area contributed by atoms with E-state index in [-0.39, 0.29) is 29.3 Å². The monoisotopic (exact) mass is 648 g/mol. The minimum atomic E-state index is -0.0629. The third-order valence-electron chi connectivity index (χ3n) is 7.15. The molecular weight excluding hydrogens is 604 g/mol. The number of anilines is 1. The van der Waals surface area contributed by atoms with Crippen LogP contribution in [0.3, 0.4) is 0 Å². The Labute approximate surface area is 261 Å². The van der Waals surface area contributed by atoms with Crippen LogP contribution in [0.25, 0.3) is 0 Å². The topological polar surface area (TPSA) is 42.2 Å². The fraction of sp³-hybridized carbons (Fsp3) is 0.515. The van der Waals surface area contributed by atoms with Gasteiger partial charge in [0.05, 0.1) is 24.1 Å². The first-order chi connectivity index (χ1) is 19.1. The Morgan fingerprint density at radius 2 is 1.55 bits per heavy atom. The van der Waals surface area contributed by atoms with Gasteiger partial charge in [0.1, 0.15) is 5.75 Å². The molecule has 7 heteroatoms. The van der Waals surface area contributed by atoms with Gasteiger partial charge in [0.15, 0.2) is 12.2 Å². The van der Waals surface area contributed by atoms with Crippen molar-refractivity contribution in [3.63, 3.8) is 0 Å². The lowest BCUT2D eigenvalue weighted by Gasteiger charge is -2.13. The molecule has 0 aliphatic rings. The second kappa shape index (κ2) is 20.1. The number of thiazole rings is 1. The Balaban J connectivity index is 0.00000560. The third-order valence-corrected chi connectivity index (χ3v) is 8.24. The highest BCUT2D eigenvalue weighted by Crippen LogP contribution is 2.25. The number of unbranched alkanes of at least 4 members (excludes halogenated alkanes) is 11. The van der Waals surface area contributed by atoms with Gasteiger partial charge in [-0.3, -0.25) is 4.79 Å². The zero-order chi connectivity index (χ0) is 27.7. The van der Waals surface area contributed by atoms with Crippen molar-refractivity contribution < 1.29 is 31.1 Å². The van der Waals surface area contributed by atoms with Gasteiger partial charge in [-0.25, -0.2) is 0 Å². The predicted molar refractivity (Wildman–Crippen MR) is 165 cm³/mol. The van der Waals surface area contributed by atoms with Crippen LogP contribution in [0.15, 0.2) is 53.4 Å². The number of aryl methyl sites for hydroxylation is 1. The first-order valence-electron chi connectivity index (χ1n) is 14.8. The van der Waals surface area contributed by atoms with Gasteiger partial charge in [-0.1, -0.05) is 125 Å². The van der Waals surface area contributed by atoms with E-state index in [1.54, 1.807) is 11.3 Å². The number of hydrogen-bond donors (Lipinski definition) is 1.